The maximum Gasteiger partial charge on any atom is 0.130 e. The summed E-state index contributed by atoms with van der Waals surface area (Å²) in [4.78, 5) is 0.759. The first-order valence-electron chi connectivity index (χ1n) is 2.87. The van der Waals surface area contributed by atoms with Gasteiger partial charge in [0.25, 0.3) is 0 Å². The average Bonchev–Trinajstić information content (AvgIpc) is 2.34. The van der Waals surface area contributed by atoms with Crippen molar-refractivity contribution in [3.05, 3.63) is 24.3 Å². The van der Waals surface area contributed by atoms with Crippen LogP contribution in [0, 0.1) is 0 Å². The summed E-state index contributed by atoms with van der Waals surface area (Å²) in [6.07, 6.45) is 0. The fourth-order valence-electron chi connectivity index (χ4n) is 0.857. The first-order valence-corrected chi connectivity index (χ1v) is 2.87. The number of aromatic nitrogens is 3. The second-order valence-electron chi connectivity index (χ2n) is 1.97. The van der Waals surface area contributed by atoms with Gasteiger partial charge >= 0.3 is 0 Å². The third-order valence-electron chi connectivity index (χ3n) is 1.33. The first kappa shape index (κ1) is 9.15. The van der Waals surface area contributed by atoms with E-state index < -0.39 is 0 Å². The van der Waals surface area contributed by atoms with Crippen LogP contribution in [-0.4, -0.2) is 71.7 Å². The topological polar surface area (TPSA) is 50.9 Å². The molecule has 0 bridgehead atoms. The van der Waals surface area contributed by atoms with E-state index in [1.165, 1.54) is 0 Å². The molecule has 0 saturated heterocycles. The molecule has 51 valence electrons. The Kier molecular flexibility index (Phi) is 3.03. The van der Waals surface area contributed by atoms with Gasteiger partial charge in [-0.15, -0.1) is 5.10 Å². The van der Waals surface area contributed by atoms with Crippen LogP contribution in [0.25, 0.3) is 11.0 Å². The summed E-state index contributed by atoms with van der Waals surface area (Å²) in [5.41, 5.74) is 1.33. The van der Waals surface area contributed by atoms with Crippen LogP contribution in [0.15, 0.2) is 24.3 Å². The molecule has 0 atom stereocenters. The number of hydrogen-bond donors (Lipinski definition) is 1. The Balaban J connectivity index is 0.000000605. The van der Waals surface area contributed by atoms with Crippen molar-refractivity contribution in [2.75, 3.05) is 0 Å². The standard InChI is InChI=1S/C6H5N3O.K/c10-9-6-4-2-1-3-5(6)7-8-9;/h1-4,10H;. The van der Waals surface area contributed by atoms with Gasteiger partial charge in [0.05, 0.1) is 0 Å². The van der Waals surface area contributed by atoms with Gasteiger partial charge in [-0.05, 0) is 17.3 Å². The minimum atomic E-state index is 0. The zero-order valence-electron chi connectivity index (χ0n) is 6.10. The van der Waals surface area contributed by atoms with Crippen LogP contribution in [0.5, 0.6) is 0 Å². The van der Waals surface area contributed by atoms with Gasteiger partial charge < -0.3 is 5.21 Å². The van der Waals surface area contributed by atoms with E-state index in [1.54, 1.807) is 12.1 Å². The van der Waals surface area contributed by atoms with Gasteiger partial charge in [0.15, 0.2) is 0 Å². The molecule has 0 aliphatic rings. The Hall–Kier alpha value is 0.0564. The molecule has 0 spiro atoms. The molecule has 1 heterocycles. The zero-order chi connectivity index (χ0) is 6.97. The first-order chi connectivity index (χ1) is 4.88. The van der Waals surface area contributed by atoms with Crippen molar-refractivity contribution in [3.63, 3.8) is 0 Å². The molecule has 11 heavy (non-hydrogen) atoms. The number of benzene rings is 1. The number of fused-ring (bicyclic) bond motifs is 1. The van der Waals surface area contributed by atoms with Gasteiger partial charge in [-0.3, -0.25) is 0 Å². The summed E-state index contributed by atoms with van der Waals surface area (Å²) in [7, 11) is 0. The Morgan fingerprint density at radius 3 is 2.73 bits per heavy atom. The molecule has 0 amide bonds. The minimum absolute atomic E-state index is 0. The monoisotopic (exact) mass is 174 g/mol. The molecular weight excluding hydrogens is 169 g/mol. The molecule has 0 aliphatic carbocycles. The molecule has 4 nitrogen and oxygen atoms in total. The summed E-state index contributed by atoms with van der Waals surface area (Å²) in [5, 5.41) is 16.1. The summed E-state index contributed by atoms with van der Waals surface area (Å²) in [6.45, 7) is 0. The molecule has 1 radical (unpaired) electrons. The van der Waals surface area contributed by atoms with E-state index >= 15 is 0 Å². The molecule has 2 rings (SSSR count). The molecule has 1 aromatic carbocycles. The molecule has 1 N–H and O–H groups in total. The second kappa shape index (κ2) is 3.64. The average molecular weight is 174 g/mol. The predicted octanol–water partition coefficient (Wildman–Crippen LogP) is 0.288. The van der Waals surface area contributed by atoms with Crippen molar-refractivity contribution in [2.24, 2.45) is 0 Å². The Bertz CT molecular complexity index is 359. The van der Waals surface area contributed by atoms with E-state index in [0.29, 0.717) is 11.0 Å². The number of hydrogen-bond acceptors (Lipinski definition) is 3. The van der Waals surface area contributed by atoms with Crippen LogP contribution in [-0.2, 0) is 0 Å². The second-order valence-corrected chi connectivity index (χ2v) is 1.97. The van der Waals surface area contributed by atoms with Gasteiger partial charge in [0.2, 0.25) is 0 Å². The van der Waals surface area contributed by atoms with Crippen LogP contribution in [0.4, 0.5) is 0 Å². The van der Waals surface area contributed by atoms with Crippen molar-refractivity contribution >= 4 is 62.4 Å². The van der Waals surface area contributed by atoms with Crippen LogP contribution >= 0.6 is 0 Å². The van der Waals surface area contributed by atoms with Gasteiger partial charge in [0.1, 0.15) is 11.0 Å². The minimum Gasteiger partial charge on any atom is -0.410 e. The zero-order valence-corrected chi connectivity index (χ0v) is 9.22. The fourth-order valence-corrected chi connectivity index (χ4v) is 0.857. The Morgan fingerprint density at radius 2 is 2.00 bits per heavy atom. The van der Waals surface area contributed by atoms with Crippen molar-refractivity contribution in [1.82, 2.24) is 15.2 Å². The predicted molar refractivity (Wildman–Crippen MR) is 40.5 cm³/mol. The van der Waals surface area contributed by atoms with E-state index in [2.05, 4.69) is 10.3 Å². The van der Waals surface area contributed by atoms with E-state index in [9.17, 15) is 0 Å². The van der Waals surface area contributed by atoms with Crippen LogP contribution < -0.4 is 0 Å². The summed E-state index contributed by atoms with van der Waals surface area (Å²) in [6, 6.07) is 7.19. The normalized spacial score (nSPS) is 9.45. The van der Waals surface area contributed by atoms with Crippen LogP contribution in [0.2, 0.25) is 0 Å². The van der Waals surface area contributed by atoms with Crippen molar-refractivity contribution < 1.29 is 5.21 Å². The molecule has 0 aliphatic heterocycles. The quantitative estimate of drug-likeness (QED) is 0.461. The largest absolute Gasteiger partial charge is 0.410 e. The van der Waals surface area contributed by atoms with E-state index in [4.69, 9.17) is 5.21 Å². The maximum atomic E-state index is 8.95. The molecule has 2 aromatic rings. The van der Waals surface area contributed by atoms with Gasteiger partial charge in [-0.25, -0.2) is 0 Å². The summed E-state index contributed by atoms with van der Waals surface area (Å²) in [5.74, 6) is 0. The molecule has 0 saturated carbocycles. The van der Waals surface area contributed by atoms with E-state index in [0.717, 1.165) is 4.85 Å². The van der Waals surface area contributed by atoms with Gasteiger partial charge in [0, 0.05) is 51.4 Å². The Labute approximate surface area is 106 Å². The fraction of sp³-hybridized carbons (Fsp3) is 0. The van der Waals surface area contributed by atoms with Crippen molar-refractivity contribution in [3.8, 4) is 0 Å². The van der Waals surface area contributed by atoms with Gasteiger partial charge in [-0.2, -0.15) is 0 Å². The third-order valence-corrected chi connectivity index (χ3v) is 1.33. The smallest absolute Gasteiger partial charge is 0.130 e. The maximum absolute atomic E-state index is 8.95. The molecular formula is C6H5KN3O. The summed E-state index contributed by atoms with van der Waals surface area (Å²) >= 11 is 0. The van der Waals surface area contributed by atoms with E-state index in [1.807, 2.05) is 12.1 Å². The number of rotatable bonds is 0. The van der Waals surface area contributed by atoms with E-state index in [-0.39, 0.29) is 51.4 Å². The molecule has 0 fully saturated rings. The van der Waals surface area contributed by atoms with Crippen LogP contribution in [0.1, 0.15) is 0 Å². The van der Waals surface area contributed by atoms with Crippen molar-refractivity contribution in [2.45, 2.75) is 0 Å². The van der Waals surface area contributed by atoms with Crippen molar-refractivity contribution in [1.29, 1.82) is 0 Å². The molecule has 1 aromatic heterocycles. The number of nitrogens with zero attached hydrogens (tertiary/aromatic N) is 3. The van der Waals surface area contributed by atoms with Gasteiger partial charge in [-0.1, -0.05) is 17.0 Å². The molecule has 5 heteroatoms. The van der Waals surface area contributed by atoms with Crippen LogP contribution in [0.3, 0.4) is 0 Å². The Morgan fingerprint density at radius 1 is 1.27 bits per heavy atom. The number of para-hydroxylation sites is 1. The SMILES string of the molecule is On1nnc2ccccc21.[K]. The molecule has 0 unspecified atom stereocenters. The summed E-state index contributed by atoms with van der Waals surface area (Å²) < 4.78 is 0. The third kappa shape index (κ3) is 1.62.